The summed E-state index contributed by atoms with van der Waals surface area (Å²) in [5, 5.41) is 0. The molecule has 0 radical (unpaired) electrons. The zero-order chi connectivity index (χ0) is 18.3. The van der Waals surface area contributed by atoms with Gasteiger partial charge in [-0.1, -0.05) is 22.0 Å². The van der Waals surface area contributed by atoms with Crippen molar-refractivity contribution < 1.29 is 27.1 Å². The van der Waals surface area contributed by atoms with E-state index in [4.69, 9.17) is 9.15 Å². The van der Waals surface area contributed by atoms with Crippen LogP contribution in [0, 0.1) is 0 Å². The molecule has 0 saturated heterocycles. The first kappa shape index (κ1) is 19.4. The normalized spacial score (nSPS) is 11.4. The third-order valence-corrected chi connectivity index (χ3v) is 3.74. The van der Waals surface area contributed by atoms with Crippen molar-refractivity contribution in [2.24, 2.45) is 0 Å². The lowest BCUT2D eigenvalue weighted by molar-refractivity contribution is -0.163. The highest BCUT2D eigenvalue weighted by Crippen LogP contribution is 2.20. The van der Waals surface area contributed by atoms with Crippen molar-refractivity contribution in [3.8, 4) is 5.75 Å². The summed E-state index contributed by atoms with van der Waals surface area (Å²) in [5.74, 6) is 0.346. The van der Waals surface area contributed by atoms with Gasteiger partial charge in [0.05, 0.1) is 19.4 Å². The second kappa shape index (κ2) is 8.94. The number of carbonyl (C=O) groups excluding carboxylic acids is 1. The Morgan fingerprint density at radius 2 is 2.04 bits per heavy atom. The molecule has 1 aromatic carbocycles. The van der Waals surface area contributed by atoms with E-state index in [2.05, 4.69) is 15.9 Å². The zero-order valence-electron chi connectivity index (χ0n) is 13.3. The van der Waals surface area contributed by atoms with E-state index in [1.54, 1.807) is 24.3 Å². The molecule has 8 heteroatoms. The quantitative estimate of drug-likeness (QED) is 0.577. The maximum absolute atomic E-state index is 12.7. The number of ether oxygens (including phenoxy) is 1. The average Bonchev–Trinajstić information content (AvgIpc) is 3.02. The van der Waals surface area contributed by atoms with E-state index in [1.807, 2.05) is 6.07 Å². The Labute approximate surface area is 151 Å². The van der Waals surface area contributed by atoms with E-state index >= 15 is 0 Å². The van der Waals surface area contributed by atoms with Crippen LogP contribution >= 0.6 is 15.9 Å². The Bertz CT molecular complexity index is 674. The molecule has 0 saturated carbocycles. The fraction of sp³-hybridized carbons (Fsp3) is 0.353. The first-order chi connectivity index (χ1) is 11.8. The second-order valence-corrected chi connectivity index (χ2v) is 6.27. The molecule has 0 aliphatic heterocycles. The number of amides is 1. The molecule has 0 fully saturated rings. The number of hydrogen-bond donors (Lipinski definition) is 0. The summed E-state index contributed by atoms with van der Waals surface area (Å²) in [4.78, 5) is 12.9. The Balaban J connectivity index is 1.83. The molecule has 4 nitrogen and oxygen atoms in total. The highest BCUT2D eigenvalue weighted by molar-refractivity contribution is 9.10. The molecule has 0 atom stereocenters. The van der Waals surface area contributed by atoms with Crippen LogP contribution in [0.3, 0.4) is 0 Å². The highest BCUT2D eigenvalue weighted by atomic mass is 79.9. The van der Waals surface area contributed by atoms with Crippen LogP contribution in [0.4, 0.5) is 13.2 Å². The predicted octanol–water partition coefficient (Wildman–Crippen LogP) is 4.79. The van der Waals surface area contributed by atoms with Crippen LogP contribution in [0.5, 0.6) is 5.75 Å². The van der Waals surface area contributed by atoms with Gasteiger partial charge in [0, 0.05) is 10.9 Å². The monoisotopic (exact) mass is 419 g/mol. The second-order valence-electron chi connectivity index (χ2n) is 5.35. The minimum absolute atomic E-state index is 0.0369. The van der Waals surface area contributed by atoms with Gasteiger partial charge in [-0.3, -0.25) is 4.79 Å². The van der Waals surface area contributed by atoms with Gasteiger partial charge < -0.3 is 14.1 Å². The fourth-order valence-electron chi connectivity index (χ4n) is 2.17. The molecule has 136 valence electrons. The fourth-order valence-corrected chi connectivity index (χ4v) is 2.55. The van der Waals surface area contributed by atoms with Crippen LogP contribution in [-0.2, 0) is 11.3 Å². The molecule has 0 bridgehead atoms. The molecule has 1 heterocycles. The molecule has 1 amide bonds. The van der Waals surface area contributed by atoms with Crippen molar-refractivity contribution in [2.75, 3.05) is 13.2 Å². The van der Waals surface area contributed by atoms with Gasteiger partial charge >= 0.3 is 6.18 Å². The lowest BCUT2D eigenvalue weighted by Gasteiger charge is -2.23. The van der Waals surface area contributed by atoms with E-state index in [0.29, 0.717) is 17.9 Å². The number of hydrogen-bond acceptors (Lipinski definition) is 3. The highest BCUT2D eigenvalue weighted by Gasteiger charge is 2.33. The van der Waals surface area contributed by atoms with E-state index in [-0.39, 0.29) is 19.6 Å². The molecule has 25 heavy (non-hydrogen) atoms. The molecule has 2 rings (SSSR count). The summed E-state index contributed by atoms with van der Waals surface area (Å²) in [5.41, 5.74) is 0. The summed E-state index contributed by atoms with van der Waals surface area (Å²) in [6, 6.07) is 10.3. The van der Waals surface area contributed by atoms with Crippen LogP contribution in [0.25, 0.3) is 0 Å². The molecule has 0 aliphatic carbocycles. The largest absolute Gasteiger partial charge is 0.494 e. The molecule has 0 unspecified atom stereocenters. The summed E-state index contributed by atoms with van der Waals surface area (Å²) in [7, 11) is 0. The number of rotatable bonds is 8. The van der Waals surface area contributed by atoms with Gasteiger partial charge in [-0.25, -0.2) is 0 Å². The average molecular weight is 420 g/mol. The Morgan fingerprint density at radius 1 is 1.24 bits per heavy atom. The molecule has 0 spiro atoms. The standard InChI is InChI=1S/C17H17BrF3NO3/c18-13-4-1-5-14(10-13)24-9-3-7-16(23)22(12-17(19,20)21)11-15-6-2-8-25-15/h1-2,4-6,8,10H,3,7,9,11-12H2. The lowest BCUT2D eigenvalue weighted by atomic mass is 10.2. The lowest BCUT2D eigenvalue weighted by Crippen LogP contribution is -2.38. The summed E-state index contributed by atoms with van der Waals surface area (Å²) in [6.45, 7) is -1.28. The van der Waals surface area contributed by atoms with Crippen molar-refractivity contribution in [3.63, 3.8) is 0 Å². The minimum atomic E-state index is -4.46. The number of carbonyl (C=O) groups is 1. The molecular formula is C17H17BrF3NO3. The topological polar surface area (TPSA) is 42.7 Å². The van der Waals surface area contributed by atoms with Crippen LogP contribution in [-0.4, -0.2) is 30.1 Å². The van der Waals surface area contributed by atoms with Crippen molar-refractivity contribution >= 4 is 21.8 Å². The van der Waals surface area contributed by atoms with Crippen molar-refractivity contribution in [3.05, 3.63) is 52.9 Å². The predicted molar refractivity (Wildman–Crippen MR) is 89.1 cm³/mol. The number of halogens is 4. The minimum Gasteiger partial charge on any atom is -0.494 e. The van der Waals surface area contributed by atoms with E-state index in [9.17, 15) is 18.0 Å². The van der Waals surface area contributed by atoms with Crippen molar-refractivity contribution in [2.45, 2.75) is 25.6 Å². The third-order valence-electron chi connectivity index (χ3n) is 3.25. The van der Waals surface area contributed by atoms with Gasteiger partial charge in [-0.15, -0.1) is 0 Å². The number of furan rings is 1. The molecular weight excluding hydrogens is 403 g/mol. The Kier molecular flexibility index (Phi) is 6.92. The van der Waals surface area contributed by atoms with Crippen LogP contribution < -0.4 is 4.74 Å². The zero-order valence-corrected chi connectivity index (χ0v) is 14.8. The van der Waals surface area contributed by atoms with Gasteiger partial charge in [0.1, 0.15) is 18.1 Å². The van der Waals surface area contributed by atoms with E-state index < -0.39 is 18.6 Å². The number of alkyl halides is 3. The van der Waals surface area contributed by atoms with Crippen LogP contribution in [0.2, 0.25) is 0 Å². The first-order valence-corrected chi connectivity index (χ1v) is 8.38. The summed E-state index contributed by atoms with van der Waals surface area (Å²) in [6.07, 6.45) is -2.82. The van der Waals surface area contributed by atoms with Gasteiger partial charge in [-0.2, -0.15) is 13.2 Å². The Morgan fingerprint density at radius 3 is 2.68 bits per heavy atom. The van der Waals surface area contributed by atoms with Gasteiger partial charge in [0.25, 0.3) is 0 Å². The van der Waals surface area contributed by atoms with Gasteiger partial charge in [0.2, 0.25) is 5.91 Å². The Hall–Kier alpha value is -1.96. The smallest absolute Gasteiger partial charge is 0.406 e. The van der Waals surface area contributed by atoms with Crippen molar-refractivity contribution in [1.82, 2.24) is 4.90 Å². The third kappa shape index (κ3) is 7.21. The van der Waals surface area contributed by atoms with E-state index in [1.165, 1.54) is 12.3 Å². The van der Waals surface area contributed by atoms with Crippen molar-refractivity contribution in [1.29, 1.82) is 0 Å². The molecule has 1 aromatic heterocycles. The van der Waals surface area contributed by atoms with Crippen LogP contribution in [0.15, 0.2) is 51.6 Å². The molecule has 2 aromatic rings. The first-order valence-electron chi connectivity index (χ1n) is 7.59. The number of nitrogens with zero attached hydrogens (tertiary/aromatic N) is 1. The van der Waals surface area contributed by atoms with E-state index in [0.717, 1.165) is 9.37 Å². The van der Waals surface area contributed by atoms with Gasteiger partial charge in [-0.05, 0) is 36.8 Å². The maximum atomic E-state index is 12.7. The van der Waals surface area contributed by atoms with Crippen LogP contribution in [0.1, 0.15) is 18.6 Å². The molecule has 0 N–H and O–H groups in total. The summed E-state index contributed by atoms with van der Waals surface area (Å²) >= 11 is 3.31. The molecule has 0 aliphatic rings. The SMILES string of the molecule is O=C(CCCOc1cccc(Br)c1)N(Cc1ccco1)CC(F)(F)F. The summed E-state index contributed by atoms with van der Waals surface area (Å²) < 4.78 is 49.4. The number of benzene rings is 1. The van der Waals surface area contributed by atoms with Gasteiger partial charge in [0.15, 0.2) is 0 Å². The maximum Gasteiger partial charge on any atom is 0.406 e.